The first-order chi connectivity index (χ1) is 13.9. The van der Waals surface area contributed by atoms with Crippen molar-refractivity contribution in [2.24, 2.45) is 5.92 Å². The summed E-state index contributed by atoms with van der Waals surface area (Å²) in [5.41, 5.74) is 3.11. The molecule has 4 heterocycles. The van der Waals surface area contributed by atoms with Gasteiger partial charge in [-0.15, -0.1) is 0 Å². The van der Waals surface area contributed by atoms with Crippen molar-refractivity contribution in [1.82, 2.24) is 30.0 Å². The van der Waals surface area contributed by atoms with Gasteiger partial charge in [-0.25, -0.2) is 9.50 Å². The molecule has 3 aromatic rings. The Balaban J connectivity index is 1.41. The molecule has 1 aliphatic heterocycles. The lowest BCUT2D eigenvalue weighted by atomic mass is 9.97. The average Bonchev–Trinajstić information content (AvgIpc) is 3.31. The van der Waals surface area contributed by atoms with Crippen molar-refractivity contribution < 1.29 is 14.1 Å². The molecular formula is C20H24N6O3. The third kappa shape index (κ3) is 3.98. The van der Waals surface area contributed by atoms with Gasteiger partial charge in [-0.05, 0) is 45.6 Å². The fraction of sp³-hybridized carbons (Fsp3) is 0.450. The zero-order chi connectivity index (χ0) is 20.5. The number of carbonyl (C=O) groups is 2. The number of nitrogens with zero attached hydrogens (tertiary/aromatic N) is 5. The molecule has 9 heteroatoms. The van der Waals surface area contributed by atoms with Gasteiger partial charge in [0.25, 0.3) is 11.8 Å². The minimum atomic E-state index is -0.260. The van der Waals surface area contributed by atoms with Gasteiger partial charge >= 0.3 is 0 Å². The van der Waals surface area contributed by atoms with Crippen LogP contribution in [0.15, 0.2) is 22.7 Å². The van der Waals surface area contributed by atoms with E-state index < -0.39 is 0 Å². The monoisotopic (exact) mass is 396 g/mol. The smallest absolute Gasteiger partial charge is 0.273 e. The van der Waals surface area contributed by atoms with E-state index in [1.165, 1.54) is 0 Å². The quantitative estimate of drug-likeness (QED) is 0.722. The van der Waals surface area contributed by atoms with Crippen LogP contribution in [0.1, 0.15) is 51.0 Å². The van der Waals surface area contributed by atoms with Crippen molar-refractivity contribution in [2.45, 2.75) is 33.6 Å². The number of aromatic nitrogens is 4. The van der Waals surface area contributed by atoms with Gasteiger partial charge < -0.3 is 14.7 Å². The number of likely N-dealkylation sites (tertiary alicyclic amines) is 1. The highest BCUT2D eigenvalue weighted by Gasteiger charge is 2.26. The van der Waals surface area contributed by atoms with Crippen LogP contribution in [0, 0.1) is 26.7 Å². The highest BCUT2D eigenvalue weighted by molar-refractivity contribution is 5.93. The average molecular weight is 396 g/mol. The third-order valence-electron chi connectivity index (χ3n) is 5.16. The third-order valence-corrected chi connectivity index (χ3v) is 5.16. The fourth-order valence-electron chi connectivity index (χ4n) is 3.73. The number of fused-ring (bicyclic) bond motifs is 1. The molecule has 4 rings (SSSR count). The molecule has 9 nitrogen and oxygen atoms in total. The van der Waals surface area contributed by atoms with Gasteiger partial charge in [0.05, 0.1) is 5.69 Å². The number of piperidine rings is 1. The highest BCUT2D eigenvalue weighted by Crippen LogP contribution is 2.19. The summed E-state index contributed by atoms with van der Waals surface area (Å²) in [6, 6.07) is 5.25. The van der Waals surface area contributed by atoms with Gasteiger partial charge in [0.15, 0.2) is 11.3 Å². The Morgan fingerprint density at radius 1 is 1.21 bits per heavy atom. The maximum absolute atomic E-state index is 13.0. The van der Waals surface area contributed by atoms with Crippen molar-refractivity contribution in [3.63, 3.8) is 0 Å². The van der Waals surface area contributed by atoms with E-state index >= 15 is 0 Å². The maximum Gasteiger partial charge on any atom is 0.273 e. The lowest BCUT2D eigenvalue weighted by Crippen LogP contribution is -2.44. The van der Waals surface area contributed by atoms with E-state index in [-0.39, 0.29) is 23.4 Å². The Bertz CT molecular complexity index is 1070. The van der Waals surface area contributed by atoms with Crippen molar-refractivity contribution in [2.75, 3.05) is 19.6 Å². The van der Waals surface area contributed by atoms with Crippen molar-refractivity contribution in [3.8, 4) is 0 Å². The summed E-state index contributed by atoms with van der Waals surface area (Å²) in [6.07, 6.45) is 1.84. The molecule has 1 saturated heterocycles. The number of aryl methyl sites for hydroxylation is 3. The zero-order valence-corrected chi connectivity index (χ0v) is 16.8. The van der Waals surface area contributed by atoms with E-state index in [1.807, 2.05) is 24.8 Å². The number of hydrogen-bond donors (Lipinski definition) is 1. The van der Waals surface area contributed by atoms with Gasteiger partial charge in [0.1, 0.15) is 11.5 Å². The predicted octanol–water partition coefficient (Wildman–Crippen LogP) is 1.92. The summed E-state index contributed by atoms with van der Waals surface area (Å²) in [5.74, 6) is 0.436. The fourth-order valence-corrected chi connectivity index (χ4v) is 3.73. The standard InChI is InChI=1S/C20H24N6O3/c1-12-7-18-22-17(8-13(2)26(18)23-12)20(28)25-6-4-5-15(11-25)10-21-19(27)16-9-14(3)29-24-16/h7-9,15H,4-6,10-11H2,1-3H3,(H,21,27). The van der Waals surface area contributed by atoms with Crippen LogP contribution >= 0.6 is 0 Å². The summed E-state index contributed by atoms with van der Waals surface area (Å²) >= 11 is 0. The topological polar surface area (TPSA) is 106 Å². The molecule has 152 valence electrons. The van der Waals surface area contributed by atoms with Crippen molar-refractivity contribution in [3.05, 3.63) is 46.7 Å². The van der Waals surface area contributed by atoms with E-state index in [2.05, 4.69) is 20.6 Å². The molecule has 3 aromatic heterocycles. The summed E-state index contributed by atoms with van der Waals surface area (Å²) in [7, 11) is 0. The normalized spacial score (nSPS) is 16.9. The lowest BCUT2D eigenvalue weighted by Gasteiger charge is -2.32. The van der Waals surface area contributed by atoms with Crippen LogP contribution in [0.25, 0.3) is 5.65 Å². The van der Waals surface area contributed by atoms with Crippen LogP contribution in [0.3, 0.4) is 0 Å². The zero-order valence-electron chi connectivity index (χ0n) is 16.8. The van der Waals surface area contributed by atoms with Gasteiger partial charge in [-0.3, -0.25) is 9.59 Å². The Morgan fingerprint density at radius 3 is 2.79 bits per heavy atom. The van der Waals surface area contributed by atoms with Crippen molar-refractivity contribution in [1.29, 1.82) is 0 Å². The van der Waals surface area contributed by atoms with Crippen LogP contribution in [0.5, 0.6) is 0 Å². The molecule has 1 unspecified atom stereocenters. The second-order valence-corrected chi connectivity index (χ2v) is 7.63. The molecular weight excluding hydrogens is 372 g/mol. The summed E-state index contributed by atoms with van der Waals surface area (Å²) in [6.45, 7) is 7.32. The molecule has 0 aliphatic carbocycles. The highest BCUT2D eigenvalue weighted by atomic mass is 16.5. The molecule has 2 amide bonds. The van der Waals surface area contributed by atoms with Crippen LogP contribution in [0.4, 0.5) is 0 Å². The van der Waals surface area contributed by atoms with Gasteiger partial charge in [-0.2, -0.15) is 5.10 Å². The molecule has 0 bridgehead atoms. The second kappa shape index (κ2) is 7.65. The summed E-state index contributed by atoms with van der Waals surface area (Å²) in [4.78, 5) is 31.5. The van der Waals surface area contributed by atoms with Crippen LogP contribution in [-0.2, 0) is 0 Å². The number of rotatable bonds is 4. The van der Waals surface area contributed by atoms with Crippen LogP contribution in [-0.4, -0.2) is 56.1 Å². The number of amides is 2. The van der Waals surface area contributed by atoms with Gasteiger partial charge in [-0.1, -0.05) is 5.16 Å². The molecule has 0 spiro atoms. The SMILES string of the molecule is Cc1cc2nc(C(=O)N3CCCC(CNC(=O)c4cc(C)on4)C3)cc(C)n2n1. The molecule has 1 fully saturated rings. The molecule has 1 N–H and O–H groups in total. The second-order valence-electron chi connectivity index (χ2n) is 7.63. The number of hydrogen-bond acceptors (Lipinski definition) is 6. The maximum atomic E-state index is 13.0. The van der Waals surface area contributed by atoms with E-state index in [0.717, 1.165) is 24.2 Å². The molecule has 1 aliphatic rings. The molecule has 1 atom stereocenters. The van der Waals surface area contributed by atoms with E-state index in [0.29, 0.717) is 36.7 Å². The molecule has 0 radical (unpaired) electrons. The Labute approximate surface area is 168 Å². The Morgan fingerprint density at radius 2 is 2.03 bits per heavy atom. The molecule has 0 saturated carbocycles. The van der Waals surface area contributed by atoms with E-state index in [4.69, 9.17) is 4.52 Å². The Kier molecular flexibility index (Phi) is 5.04. The van der Waals surface area contributed by atoms with Gasteiger partial charge in [0.2, 0.25) is 0 Å². The molecule has 0 aromatic carbocycles. The van der Waals surface area contributed by atoms with Crippen LogP contribution < -0.4 is 5.32 Å². The van der Waals surface area contributed by atoms with Crippen molar-refractivity contribution >= 4 is 17.5 Å². The summed E-state index contributed by atoms with van der Waals surface area (Å²) in [5, 5.41) is 11.0. The first-order valence-corrected chi connectivity index (χ1v) is 9.75. The number of nitrogens with one attached hydrogen (secondary N) is 1. The van der Waals surface area contributed by atoms with Crippen LogP contribution in [0.2, 0.25) is 0 Å². The number of carbonyl (C=O) groups excluding carboxylic acids is 2. The van der Waals surface area contributed by atoms with Gasteiger partial charge in [0, 0.05) is 37.5 Å². The minimum Gasteiger partial charge on any atom is -0.361 e. The Hall–Kier alpha value is -3.23. The van der Waals surface area contributed by atoms with E-state index in [1.54, 1.807) is 23.6 Å². The first kappa shape index (κ1) is 19.1. The summed E-state index contributed by atoms with van der Waals surface area (Å²) < 4.78 is 6.68. The lowest BCUT2D eigenvalue weighted by molar-refractivity contribution is 0.0664. The van der Waals surface area contributed by atoms with E-state index in [9.17, 15) is 9.59 Å². The first-order valence-electron chi connectivity index (χ1n) is 9.75. The molecule has 29 heavy (non-hydrogen) atoms. The largest absolute Gasteiger partial charge is 0.361 e. The minimum absolute atomic E-state index is 0.0856. The predicted molar refractivity (Wildman–Crippen MR) is 105 cm³/mol.